The Morgan fingerprint density at radius 1 is 1.19 bits per heavy atom. The number of non-ortho nitro benzene ring substituents is 1. The molecule has 1 aromatic heterocycles. The maximum absolute atomic E-state index is 12.5. The molecule has 0 unspecified atom stereocenters. The summed E-state index contributed by atoms with van der Waals surface area (Å²) >= 11 is 1.23. The van der Waals surface area contributed by atoms with Crippen LogP contribution < -0.4 is 5.32 Å². The highest BCUT2D eigenvalue weighted by atomic mass is 32.1. The predicted molar refractivity (Wildman–Crippen MR) is 95.9 cm³/mol. The molecule has 1 fully saturated rings. The largest absolute Gasteiger partial charge is 0.481 e. The SMILES string of the molecule is O=C(O)[C@H]1CCCC[C@@H]1C(=O)Nc1nc(-c2ccc([N+](=O)[O-])cc2)cs1. The van der Waals surface area contributed by atoms with Crippen LogP contribution in [0.4, 0.5) is 10.8 Å². The molecule has 0 radical (unpaired) electrons. The Kier molecular flexibility index (Phi) is 5.27. The fourth-order valence-corrected chi connectivity index (χ4v) is 3.88. The number of amides is 1. The molecule has 26 heavy (non-hydrogen) atoms. The third-order valence-electron chi connectivity index (χ3n) is 4.53. The van der Waals surface area contributed by atoms with Crippen molar-refractivity contribution in [3.05, 3.63) is 39.8 Å². The van der Waals surface area contributed by atoms with Gasteiger partial charge in [-0.15, -0.1) is 11.3 Å². The molecule has 0 saturated heterocycles. The maximum atomic E-state index is 12.5. The third kappa shape index (κ3) is 3.88. The zero-order chi connectivity index (χ0) is 18.7. The van der Waals surface area contributed by atoms with Gasteiger partial charge in [-0.1, -0.05) is 12.8 Å². The molecule has 1 aliphatic carbocycles. The summed E-state index contributed by atoms with van der Waals surface area (Å²) in [5.74, 6) is -2.46. The van der Waals surface area contributed by atoms with Crippen LogP contribution in [0, 0.1) is 22.0 Å². The molecule has 1 aliphatic rings. The van der Waals surface area contributed by atoms with Crippen molar-refractivity contribution in [1.29, 1.82) is 0 Å². The Balaban J connectivity index is 1.70. The molecule has 9 heteroatoms. The summed E-state index contributed by atoms with van der Waals surface area (Å²) in [6.07, 6.45) is 2.73. The monoisotopic (exact) mass is 375 g/mol. The predicted octanol–water partition coefficient (Wildman–Crippen LogP) is 3.55. The number of thiazole rings is 1. The number of benzene rings is 1. The van der Waals surface area contributed by atoms with Gasteiger partial charge >= 0.3 is 5.97 Å². The van der Waals surface area contributed by atoms with Crippen molar-refractivity contribution in [2.45, 2.75) is 25.7 Å². The summed E-state index contributed by atoms with van der Waals surface area (Å²) in [6.45, 7) is 0. The van der Waals surface area contributed by atoms with E-state index < -0.39 is 22.7 Å². The minimum atomic E-state index is -0.935. The fraction of sp³-hybridized carbons (Fsp3) is 0.353. The van der Waals surface area contributed by atoms with Crippen molar-refractivity contribution in [2.24, 2.45) is 11.8 Å². The Bertz CT molecular complexity index is 833. The van der Waals surface area contributed by atoms with Gasteiger partial charge in [0.25, 0.3) is 5.69 Å². The number of hydrogen-bond acceptors (Lipinski definition) is 6. The lowest BCUT2D eigenvalue weighted by molar-refractivity contribution is -0.384. The number of carboxylic acids is 1. The van der Waals surface area contributed by atoms with Gasteiger partial charge in [0.2, 0.25) is 5.91 Å². The molecule has 136 valence electrons. The summed E-state index contributed by atoms with van der Waals surface area (Å²) in [7, 11) is 0. The van der Waals surface area contributed by atoms with Gasteiger partial charge in [-0.2, -0.15) is 0 Å². The van der Waals surface area contributed by atoms with Crippen LogP contribution in [0.3, 0.4) is 0 Å². The average Bonchev–Trinajstić information content (AvgIpc) is 3.10. The number of nitrogens with one attached hydrogen (secondary N) is 1. The Labute approximate surface area is 153 Å². The molecule has 1 amide bonds. The zero-order valence-electron chi connectivity index (χ0n) is 13.8. The highest BCUT2D eigenvalue weighted by Gasteiger charge is 2.35. The Morgan fingerprint density at radius 3 is 2.46 bits per heavy atom. The van der Waals surface area contributed by atoms with Crippen molar-refractivity contribution < 1.29 is 19.6 Å². The van der Waals surface area contributed by atoms with E-state index in [1.165, 1.54) is 23.5 Å². The molecule has 2 atom stereocenters. The number of carbonyl (C=O) groups excluding carboxylic acids is 1. The number of anilines is 1. The number of hydrogen-bond donors (Lipinski definition) is 2. The molecular formula is C17H17N3O5S. The lowest BCUT2D eigenvalue weighted by Gasteiger charge is -2.26. The summed E-state index contributed by atoms with van der Waals surface area (Å²) in [5, 5.41) is 24.8. The van der Waals surface area contributed by atoms with Crippen LogP contribution in [0.1, 0.15) is 25.7 Å². The topological polar surface area (TPSA) is 122 Å². The van der Waals surface area contributed by atoms with E-state index >= 15 is 0 Å². The number of rotatable bonds is 5. The molecular weight excluding hydrogens is 358 g/mol. The van der Waals surface area contributed by atoms with Gasteiger partial charge < -0.3 is 10.4 Å². The minimum absolute atomic E-state index is 0.00508. The van der Waals surface area contributed by atoms with Crippen molar-refractivity contribution in [3.8, 4) is 11.3 Å². The molecule has 8 nitrogen and oxygen atoms in total. The first-order valence-electron chi connectivity index (χ1n) is 8.19. The highest BCUT2D eigenvalue weighted by Crippen LogP contribution is 2.32. The van der Waals surface area contributed by atoms with Crippen LogP contribution in [0.15, 0.2) is 29.6 Å². The second-order valence-electron chi connectivity index (χ2n) is 6.17. The molecule has 1 heterocycles. The fourth-order valence-electron chi connectivity index (χ4n) is 3.16. The molecule has 0 spiro atoms. The number of aliphatic carboxylic acids is 1. The van der Waals surface area contributed by atoms with Crippen LogP contribution >= 0.6 is 11.3 Å². The van der Waals surface area contributed by atoms with Crippen molar-refractivity contribution in [3.63, 3.8) is 0 Å². The Morgan fingerprint density at radius 2 is 1.85 bits per heavy atom. The molecule has 0 bridgehead atoms. The highest BCUT2D eigenvalue weighted by molar-refractivity contribution is 7.14. The molecule has 3 rings (SSSR count). The van der Waals surface area contributed by atoms with E-state index in [1.54, 1.807) is 17.5 Å². The number of carbonyl (C=O) groups is 2. The van der Waals surface area contributed by atoms with Gasteiger partial charge in [0, 0.05) is 23.1 Å². The summed E-state index contributed by atoms with van der Waals surface area (Å²) in [4.78, 5) is 38.4. The second-order valence-corrected chi connectivity index (χ2v) is 7.02. The molecule has 2 N–H and O–H groups in total. The average molecular weight is 375 g/mol. The smallest absolute Gasteiger partial charge is 0.307 e. The first kappa shape index (κ1) is 18.0. The van der Waals surface area contributed by atoms with Crippen LogP contribution in [0.25, 0.3) is 11.3 Å². The summed E-state index contributed by atoms with van der Waals surface area (Å²) < 4.78 is 0. The van der Waals surface area contributed by atoms with Crippen LogP contribution in [0.2, 0.25) is 0 Å². The number of aromatic nitrogens is 1. The van der Waals surface area contributed by atoms with E-state index in [0.29, 0.717) is 29.2 Å². The van der Waals surface area contributed by atoms with Crippen molar-refractivity contribution in [1.82, 2.24) is 4.98 Å². The third-order valence-corrected chi connectivity index (χ3v) is 5.29. The van der Waals surface area contributed by atoms with Gasteiger partial charge in [0.05, 0.1) is 22.5 Å². The van der Waals surface area contributed by atoms with Gasteiger partial charge in [0.1, 0.15) is 0 Å². The number of nitro groups is 1. The first-order valence-corrected chi connectivity index (χ1v) is 9.07. The van der Waals surface area contributed by atoms with E-state index in [1.807, 2.05) is 0 Å². The maximum Gasteiger partial charge on any atom is 0.307 e. The second kappa shape index (κ2) is 7.61. The normalized spacial score (nSPS) is 19.7. The van der Waals surface area contributed by atoms with E-state index in [-0.39, 0.29) is 11.6 Å². The van der Waals surface area contributed by atoms with E-state index in [0.717, 1.165) is 12.8 Å². The van der Waals surface area contributed by atoms with Crippen molar-refractivity contribution >= 4 is 34.0 Å². The Hall–Kier alpha value is -2.81. The first-order chi connectivity index (χ1) is 12.5. The van der Waals surface area contributed by atoms with Crippen LogP contribution in [-0.2, 0) is 9.59 Å². The van der Waals surface area contributed by atoms with Gasteiger partial charge in [-0.3, -0.25) is 19.7 Å². The van der Waals surface area contributed by atoms with Gasteiger partial charge in [-0.25, -0.2) is 4.98 Å². The number of carboxylic acid groups (broad SMARTS) is 1. The molecule has 2 aromatic rings. The van der Waals surface area contributed by atoms with Gasteiger partial charge in [0.15, 0.2) is 5.13 Å². The molecule has 1 aromatic carbocycles. The molecule has 1 saturated carbocycles. The van der Waals surface area contributed by atoms with E-state index in [4.69, 9.17) is 0 Å². The number of nitrogens with zero attached hydrogens (tertiary/aromatic N) is 2. The van der Waals surface area contributed by atoms with E-state index in [9.17, 15) is 24.8 Å². The summed E-state index contributed by atoms with van der Waals surface area (Å²) in [5.41, 5.74) is 1.29. The van der Waals surface area contributed by atoms with Crippen molar-refractivity contribution in [2.75, 3.05) is 5.32 Å². The minimum Gasteiger partial charge on any atom is -0.481 e. The van der Waals surface area contributed by atoms with Gasteiger partial charge in [-0.05, 0) is 25.0 Å². The lowest BCUT2D eigenvalue weighted by atomic mass is 9.79. The standard InChI is InChI=1S/C17H17N3O5S/c21-15(12-3-1-2-4-13(12)16(22)23)19-17-18-14(9-26-17)10-5-7-11(8-6-10)20(24)25/h5-9,12-13H,1-4H2,(H,22,23)(H,18,19,21)/t12-,13-/m0/s1. The van der Waals surface area contributed by atoms with Crippen LogP contribution in [0.5, 0.6) is 0 Å². The number of nitro benzene ring substituents is 1. The quantitative estimate of drug-likeness (QED) is 0.609. The molecule has 0 aliphatic heterocycles. The van der Waals surface area contributed by atoms with Crippen LogP contribution in [-0.4, -0.2) is 26.9 Å². The summed E-state index contributed by atoms with van der Waals surface area (Å²) in [6, 6.07) is 5.99. The lowest BCUT2D eigenvalue weighted by Crippen LogP contribution is -2.36. The zero-order valence-corrected chi connectivity index (χ0v) is 14.6. The van der Waals surface area contributed by atoms with E-state index in [2.05, 4.69) is 10.3 Å².